The van der Waals surface area contributed by atoms with Crippen molar-refractivity contribution in [2.75, 3.05) is 39.3 Å². The lowest BCUT2D eigenvalue weighted by atomic mass is 10.1. The number of nitrogens with one attached hydrogen (secondary N) is 4. The molecule has 2 fully saturated rings. The molecule has 11 nitrogen and oxygen atoms in total. The molecule has 2 aliphatic rings. The number of ketones is 2. The lowest BCUT2D eigenvalue weighted by molar-refractivity contribution is -0.154. The van der Waals surface area contributed by atoms with Crippen LogP contribution in [-0.2, 0) is 28.8 Å². The van der Waals surface area contributed by atoms with Gasteiger partial charge >= 0.3 is 17.7 Å². The minimum Gasteiger partial charge on any atom is -0.315 e. The molecule has 1 atom stereocenters. The molecule has 11 heteroatoms. The predicted molar refractivity (Wildman–Crippen MR) is 100 cm³/mol. The molecule has 0 bridgehead atoms. The number of hydrogen-bond acceptors (Lipinski definition) is 9. The van der Waals surface area contributed by atoms with Gasteiger partial charge in [0.15, 0.2) is 0 Å². The highest BCUT2D eigenvalue weighted by Gasteiger charge is 2.50. The Balaban J connectivity index is 2.03. The normalized spacial score (nSPS) is 25.0. The second kappa shape index (κ2) is 11.5. The van der Waals surface area contributed by atoms with E-state index in [0.717, 1.165) is 45.4 Å². The van der Waals surface area contributed by atoms with E-state index in [2.05, 4.69) is 16.0 Å². The average molecular weight is 409 g/mol. The molecule has 0 aromatic heterocycles. The zero-order valence-electron chi connectivity index (χ0n) is 16.3. The van der Waals surface area contributed by atoms with Crippen molar-refractivity contribution in [2.24, 2.45) is 0 Å². The lowest BCUT2D eigenvalue weighted by Gasteiger charge is -2.20. The Morgan fingerprint density at radius 1 is 0.690 bits per heavy atom. The van der Waals surface area contributed by atoms with E-state index in [9.17, 15) is 28.8 Å². The summed E-state index contributed by atoms with van der Waals surface area (Å²) < 4.78 is 0. The first-order valence-corrected chi connectivity index (χ1v) is 9.85. The molecule has 4 N–H and O–H groups in total. The molecular weight excluding hydrogens is 382 g/mol. The minimum atomic E-state index is -1.38. The van der Waals surface area contributed by atoms with Gasteiger partial charge in [-0.25, -0.2) is 0 Å². The number of imide groups is 2. The van der Waals surface area contributed by atoms with Crippen LogP contribution in [0.25, 0.3) is 0 Å². The van der Waals surface area contributed by atoms with Crippen LogP contribution in [0.2, 0.25) is 0 Å². The van der Waals surface area contributed by atoms with Crippen LogP contribution >= 0.6 is 0 Å². The smallest absolute Gasteiger partial charge is 0.315 e. The van der Waals surface area contributed by atoms with Crippen LogP contribution < -0.4 is 21.3 Å². The van der Waals surface area contributed by atoms with Gasteiger partial charge in [0.05, 0.1) is 0 Å². The van der Waals surface area contributed by atoms with Crippen molar-refractivity contribution in [2.45, 2.75) is 38.1 Å². The molecule has 29 heavy (non-hydrogen) atoms. The van der Waals surface area contributed by atoms with Gasteiger partial charge in [0.1, 0.15) is 6.04 Å². The topological polar surface area (TPSA) is 154 Å². The van der Waals surface area contributed by atoms with Gasteiger partial charge in [-0.3, -0.25) is 39.0 Å². The van der Waals surface area contributed by atoms with Crippen LogP contribution in [0.1, 0.15) is 32.1 Å². The van der Waals surface area contributed by atoms with E-state index < -0.39 is 41.2 Å². The summed E-state index contributed by atoms with van der Waals surface area (Å²) in [4.78, 5) is 72.4. The summed E-state index contributed by atoms with van der Waals surface area (Å²) in [5, 5.41) is 11.4. The van der Waals surface area contributed by atoms with Gasteiger partial charge < -0.3 is 16.0 Å². The SMILES string of the molecule is O=C1CCCCCNCCNCCCNCC2C(=O)C(=O)C(=O)N2C(=O)C(=O)N1. The number of fused-ring (bicyclic) bond motifs is 1. The molecule has 1 unspecified atom stereocenters. The lowest BCUT2D eigenvalue weighted by Crippen LogP contribution is -2.52. The van der Waals surface area contributed by atoms with E-state index in [-0.39, 0.29) is 13.0 Å². The fraction of sp³-hybridized carbons (Fsp3) is 0.667. The number of rotatable bonds is 0. The minimum absolute atomic E-state index is 0.0529. The highest BCUT2D eigenvalue weighted by molar-refractivity contribution is 6.70. The monoisotopic (exact) mass is 409 g/mol. The Labute approximate surface area is 168 Å². The van der Waals surface area contributed by atoms with Gasteiger partial charge in [0.25, 0.3) is 5.78 Å². The first-order valence-electron chi connectivity index (χ1n) is 9.85. The van der Waals surface area contributed by atoms with Crippen LogP contribution in [0.4, 0.5) is 0 Å². The van der Waals surface area contributed by atoms with Gasteiger partial charge in [-0.05, 0) is 38.9 Å². The van der Waals surface area contributed by atoms with Gasteiger partial charge in [-0.15, -0.1) is 0 Å². The third-order valence-electron chi connectivity index (χ3n) is 4.70. The van der Waals surface area contributed by atoms with Gasteiger partial charge in [-0.1, -0.05) is 6.42 Å². The number of nitrogens with zero attached hydrogens (tertiary/aromatic N) is 1. The van der Waals surface area contributed by atoms with Crippen LogP contribution in [0, 0.1) is 0 Å². The maximum absolute atomic E-state index is 12.3. The molecule has 0 aromatic carbocycles. The fourth-order valence-corrected chi connectivity index (χ4v) is 3.11. The third kappa shape index (κ3) is 6.51. The summed E-state index contributed by atoms with van der Waals surface area (Å²) in [5.74, 6) is -7.07. The van der Waals surface area contributed by atoms with Crippen molar-refractivity contribution in [3.05, 3.63) is 0 Å². The molecule has 2 heterocycles. The number of Topliss-reactive ketones (excluding diaryl/α,β-unsaturated/α-hetero) is 2. The first-order chi connectivity index (χ1) is 13.9. The molecule has 0 aliphatic carbocycles. The maximum atomic E-state index is 12.3. The zero-order chi connectivity index (χ0) is 21.2. The van der Waals surface area contributed by atoms with Crippen LogP contribution in [0.3, 0.4) is 0 Å². The van der Waals surface area contributed by atoms with Gasteiger partial charge in [-0.2, -0.15) is 0 Å². The van der Waals surface area contributed by atoms with Gasteiger partial charge in [0, 0.05) is 26.1 Å². The molecule has 4 amide bonds. The number of hydrogen-bond donors (Lipinski definition) is 4. The van der Waals surface area contributed by atoms with Gasteiger partial charge in [0.2, 0.25) is 11.7 Å². The first kappa shape index (κ1) is 22.8. The Kier molecular flexibility index (Phi) is 9.03. The van der Waals surface area contributed by atoms with E-state index in [1.54, 1.807) is 0 Å². The second-order valence-electron chi connectivity index (χ2n) is 6.94. The van der Waals surface area contributed by atoms with Crippen molar-refractivity contribution >= 4 is 35.2 Å². The van der Waals surface area contributed by atoms with E-state index >= 15 is 0 Å². The summed E-state index contributed by atoms with van der Waals surface area (Å²) >= 11 is 0. The predicted octanol–water partition coefficient (Wildman–Crippen LogP) is -2.76. The van der Waals surface area contributed by atoms with E-state index in [0.29, 0.717) is 17.9 Å². The molecule has 2 rings (SSSR count). The molecule has 0 radical (unpaired) electrons. The Bertz CT molecular complexity index is 680. The molecule has 0 spiro atoms. The number of carbonyl (C=O) groups is 6. The van der Waals surface area contributed by atoms with Crippen molar-refractivity contribution in [3.8, 4) is 0 Å². The average Bonchev–Trinajstić information content (AvgIpc) is 2.90. The quantitative estimate of drug-likeness (QED) is 0.246. The Morgan fingerprint density at radius 2 is 1.34 bits per heavy atom. The zero-order valence-corrected chi connectivity index (χ0v) is 16.3. The van der Waals surface area contributed by atoms with E-state index in [1.165, 1.54) is 0 Å². The molecular formula is C18H27N5O6. The number of carbonyl (C=O) groups excluding carboxylic acids is 6. The summed E-state index contributed by atoms with van der Waals surface area (Å²) in [5.41, 5.74) is 0. The summed E-state index contributed by atoms with van der Waals surface area (Å²) in [7, 11) is 0. The molecule has 0 saturated carbocycles. The van der Waals surface area contributed by atoms with E-state index in [4.69, 9.17) is 0 Å². The highest BCUT2D eigenvalue weighted by atomic mass is 16.2. The standard InChI is InChI=1S/C18H27N5O6/c24-13-5-2-1-3-6-19-9-10-20-7-4-8-21-11-12-14(25)15(26)17(28)23(12)18(29)16(27)22-13/h12,19-21H,1-11H2,(H,22,24,27). The van der Waals surface area contributed by atoms with Crippen LogP contribution in [-0.4, -0.2) is 85.4 Å². The molecule has 0 aromatic rings. The molecule has 2 aliphatic heterocycles. The van der Waals surface area contributed by atoms with Crippen LogP contribution in [0.15, 0.2) is 0 Å². The third-order valence-corrected chi connectivity index (χ3v) is 4.70. The molecule has 160 valence electrons. The Morgan fingerprint density at radius 3 is 2.07 bits per heavy atom. The second-order valence-corrected chi connectivity index (χ2v) is 6.94. The Hall–Kier alpha value is -2.50. The van der Waals surface area contributed by atoms with Crippen LogP contribution in [0.5, 0.6) is 0 Å². The highest BCUT2D eigenvalue weighted by Crippen LogP contribution is 2.13. The summed E-state index contributed by atoms with van der Waals surface area (Å²) in [6.07, 6.45) is 2.97. The fourth-order valence-electron chi connectivity index (χ4n) is 3.11. The summed E-state index contributed by atoms with van der Waals surface area (Å²) in [6, 6.07) is -1.38. The van der Waals surface area contributed by atoms with Crippen molar-refractivity contribution < 1.29 is 28.8 Å². The maximum Gasteiger partial charge on any atom is 0.320 e. The largest absolute Gasteiger partial charge is 0.320 e. The molecule has 2 saturated heterocycles. The van der Waals surface area contributed by atoms with Crippen molar-refractivity contribution in [3.63, 3.8) is 0 Å². The van der Waals surface area contributed by atoms with Crippen molar-refractivity contribution in [1.82, 2.24) is 26.2 Å². The summed E-state index contributed by atoms with van der Waals surface area (Å²) in [6.45, 7) is 3.53. The van der Waals surface area contributed by atoms with E-state index in [1.807, 2.05) is 5.32 Å². The number of amides is 4. The van der Waals surface area contributed by atoms with Crippen molar-refractivity contribution in [1.29, 1.82) is 0 Å².